The summed E-state index contributed by atoms with van der Waals surface area (Å²) in [5, 5.41) is 0. The molecule has 0 aliphatic heterocycles. The number of anilines is 1. The maximum Gasteiger partial charge on any atom is 0.197 e. The van der Waals surface area contributed by atoms with Crippen LogP contribution in [0.25, 0.3) is 0 Å². The molecule has 0 aromatic heterocycles. The molecule has 20 heavy (non-hydrogen) atoms. The van der Waals surface area contributed by atoms with Crippen molar-refractivity contribution in [2.24, 2.45) is 0 Å². The van der Waals surface area contributed by atoms with Crippen LogP contribution in [0.5, 0.6) is 5.75 Å². The molecule has 0 heterocycles. The van der Waals surface area contributed by atoms with Crippen molar-refractivity contribution in [3.05, 3.63) is 58.7 Å². The van der Waals surface area contributed by atoms with Crippen molar-refractivity contribution in [3.8, 4) is 5.75 Å². The van der Waals surface area contributed by atoms with Gasteiger partial charge in [-0.3, -0.25) is 4.79 Å². The van der Waals surface area contributed by atoms with Crippen LogP contribution < -0.4 is 10.5 Å². The highest BCUT2D eigenvalue weighted by atomic mass is 16.5. The molecule has 2 rings (SSSR count). The van der Waals surface area contributed by atoms with Crippen molar-refractivity contribution in [1.29, 1.82) is 0 Å². The lowest BCUT2D eigenvalue weighted by Gasteiger charge is -2.12. The third-order valence-electron chi connectivity index (χ3n) is 3.17. The van der Waals surface area contributed by atoms with E-state index in [-0.39, 0.29) is 5.78 Å². The van der Waals surface area contributed by atoms with Crippen LogP contribution in [0.4, 0.5) is 5.69 Å². The van der Waals surface area contributed by atoms with Gasteiger partial charge in [-0.25, -0.2) is 0 Å². The number of carbonyl (C=O) groups is 1. The summed E-state index contributed by atoms with van der Waals surface area (Å²) in [5.74, 6) is 0.592. The van der Waals surface area contributed by atoms with Gasteiger partial charge in [0.15, 0.2) is 5.78 Å². The Hall–Kier alpha value is -2.29. The summed E-state index contributed by atoms with van der Waals surface area (Å²) in [4.78, 5) is 12.7. The number of ketones is 1. The molecule has 3 heteroatoms. The molecule has 2 aromatic carbocycles. The van der Waals surface area contributed by atoms with Crippen LogP contribution in [0, 0.1) is 13.8 Å². The second kappa shape index (κ2) is 5.78. The van der Waals surface area contributed by atoms with Crippen LogP contribution >= 0.6 is 0 Å². The molecule has 2 N–H and O–H groups in total. The van der Waals surface area contributed by atoms with Crippen molar-refractivity contribution in [2.75, 3.05) is 12.3 Å². The first-order chi connectivity index (χ1) is 9.52. The number of aryl methyl sites for hydroxylation is 2. The van der Waals surface area contributed by atoms with Gasteiger partial charge in [0.25, 0.3) is 0 Å². The zero-order valence-electron chi connectivity index (χ0n) is 12.1. The third kappa shape index (κ3) is 2.82. The van der Waals surface area contributed by atoms with Gasteiger partial charge in [0.2, 0.25) is 0 Å². The normalized spacial score (nSPS) is 10.3. The van der Waals surface area contributed by atoms with Crippen LogP contribution in [0.1, 0.15) is 34.0 Å². The molecular formula is C17H19NO2. The van der Waals surface area contributed by atoms with Crippen LogP contribution in [-0.4, -0.2) is 12.4 Å². The van der Waals surface area contributed by atoms with Gasteiger partial charge in [-0.1, -0.05) is 11.6 Å². The van der Waals surface area contributed by atoms with E-state index in [9.17, 15) is 4.79 Å². The third-order valence-corrected chi connectivity index (χ3v) is 3.17. The molecule has 0 bridgehead atoms. The molecule has 0 aliphatic carbocycles. The summed E-state index contributed by atoms with van der Waals surface area (Å²) in [6.07, 6.45) is 0. The molecule has 0 spiro atoms. The van der Waals surface area contributed by atoms with Crippen molar-refractivity contribution in [1.82, 2.24) is 0 Å². The van der Waals surface area contributed by atoms with E-state index >= 15 is 0 Å². The lowest BCUT2D eigenvalue weighted by atomic mass is 9.97. The quantitative estimate of drug-likeness (QED) is 0.682. The second-order valence-corrected chi connectivity index (χ2v) is 4.84. The highest BCUT2D eigenvalue weighted by molar-refractivity contribution is 6.11. The Balaban J connectivity index is 2.49. The minimum atomic E-state index is -0.0327. The van der Waals surface area contributed by atoms with E-state index in [4.69, 9.17) is 10.5 Å². The number of nitrogens with two attached hydrogens (primary N) is 1. The Morgan fingerprint density at radius 1 is 1.10 bits per heavy atom. The number of hydrogen-bond acceptors (Lipinski definition) is 3. The van der Waals surface area contributed by atoms with Gasteiger partial charge in [-0.2, -0.15) is 0 Å². The molecule has 2 aromatic rings. The van der Waals surface area contributed by atoms with Crippen LogP contribution in [0.15, 0.2) is 36.4 Å². The minimum absolute atomic E-state index is 0.0327. The Kier molecular flexibility index (Phi) is 4.08. The zero-order chi connectivity index (χ0) is 14.7. The van der Waals surface area contributed by atoms with E-state index in [0.717, 1.165) is 11.1 Å². The number of ether oxygens (including phenoxy) is 1. The highest BCUT2D eigenvalue weighted by Crippen LogP contribution is 2.25. The Morgan fingerprint density at radius 2 is 1.85 bits per heavy atom. The lowest BCUT2D eigenvalue weighted by molar-refractivity contribution is 0.103. The second-order valence-electron chi connectivity index (χ2n) is 4.84. The number of rotatable bonds is 4. The number of hydrogen-bond donors (Lipinski definition) is 1. The van der Waals surface area contributed by atoms with Crippen LogP contribution in [0.3, 0.4) is 0 Å². The van der Waals surface area contributed by atoms with Crippen molar-refractivity contribution < 1.29 is 9.53 Å². The molecule has 104 valence electrons. The molecule has 0 amide bonds. The van der Waals surface area contributed by atoms with Gasteiger partial charge < -0.3 is 10.5 Å². The van der Waals surface area contributed by atoms with Gasteiger partial charge in [0.1, 0.15) is 5.75 Å². The number of nitrogen functional groups attached to an aromatic ring is 1. The zero-order valence-corrected chi connectivity index (χ0v) is 12.1. The Morgan fingerprint density at radius 3 is 2.50 bits per heavy atom. The SMILES string of the molecule is CCOc1ccc(C)cc1C(=O)c1ccc(N)cc1C. The molecule has 0 atom stereocenters. The molecule has 0 aliphatic rings. The molecule has 0 radical (unpaired) electrons. The van der Waals surface area contributed by atoms with Crippen LogP contribution in [-0.2, 0) is 0 Å². The van der Waals surface area contributed by atoms with E-state index in [2.05, 4.69) is 0 Å². The van der Waals surface area contributed by atoms with E-state index in [1.165, 1.54) is 0 Å². The topological polar surface area (TPSA) is 52.3 Å². The van der Waals surface area contributed by atoms with E-state index in [1.807, 2.05) is 45.0 Å². The highest BCUT2D eigenvalue weighted by Gasteiger charge is 2.16. The molecular weight excluding hydrogens is 250 g/mol. The molecule has 0 unspecified atom stereocenters. The molecule has 0 saturated carbocycles. The van der Waals surface area contributed by atoms with Gasteiger partial charge in [-0.05, 0) is 56.7 Å². The fourth-order valence-electron chi connectivity index (χ4n) is 2.19. The average Bonchev–Trinajstić information content (AvgIpc) is 2.40. The van der Waals surface area contributed by atoms with Crippen molar-refractivity contribution >= 4 is 11.5 Å². The maximum absolute atomic E-state index is 12.7. The van der Waals surface area contributed by atoms with Gasteiger partial charge >= 0.3 is 0 Å². The molecule has 3 nitrogen and oxygen atoms in total. The smallest absolute Gasteiger partial charge is 0.197 e. The predicted molar refractivity (Wildman–Crippen MR) is 81.4 cm³/mol. The monoisotopic (exact) mass is 269 g/mol. The fourth-order valence-corrected chi connectivity index (χ4v) is 2.19. The van der Waals surface area contributed by atoms with Crippen molar-refractivity contribution in [3.63, 3.8) is 0 Å². The van der Waals surface area contributed by atoms with Gasteiger partial charge in [-0.15, -0.1) is 0 Å². The summed E-state index contributed by atoms with van der Waals surface area (Å²) in [6, 6.07) is 11.0. The summed E-state index contributed by atoms with van der Waals surface area (Å²) < 4.78 is 5.55. The fraction of sp³-hybridized carbons (Fsp3) is 0.235. The standard InChI is InChI=1S/C17H19NO2/c1-4-20-16-8-5-11(2)9-15(16)17(19)14-7-6-13(18)10-12(14)3/h5-10H,4,18H2,1-3H3. The summed E-state index contributed by atoms with van der Waals surface area (Å²) in [5.41, 5.74) is 9.55. The summed E-state index contributed by atoms with van der Waals surface area (Å²) in [7, 11) is 0. The molecule has 0 saturated heterocycles. The van der Waals surface area contributed by atoms with E-state index in [0.29, 0.717) is 29.2 Å². The average molecular weight is 269 g/mol. The van der Waals surface area contributed by atoms with Gasteiger partial charge in [0.05, 0.1) is 12.2 Å². The summed E-state index contributed by atoms with van der Waals surface area (Å²) in [6.45, 7) is 6.29. The first-order valence-electron chi connectivity index (χ1n) is 6.67. The lowest BCUT2D eigenvalue weighted by Crippen LogP contribution is -2.08. The minimum Gasteiger partial charge on any atom is -0.493 e. The predicted octanol–water partition coefficient (Wildman–Crippen LogP) is 3.52. The number of benzene rings is 2. The van der Waals surface area contributed by atoms with Crippen LogP contribution in [0.2, 0.25) is 0 Å². The Bertz CT molecular complexity index is 647. The largest absolute Gasteiger partial charge is 0.493 e. The first-order valence-corrected chi connectivity index (χ1v) is 6.67. The van der Waals surface area contributed by atoms with E-state index < -0.39 is 0 Å². The summed E-state index contributed by atoms with van der Waals surface area (Å²) >= 11 is 0. The number of carbonyl (C=O) groups excluding carboxylic acids is 1. The first kappa shape index (κ1) is 14.1. The Labute approximate surface area is 119 Å². The molecule has 0 fully saturated rings. The van der Waals surface area contributed by atoms with Gasteiger partial charge in [0, 0.05) is 11.3 Å². The van der Waals surface area contributed by atoms with Crippen molar-refractivity contribution in [2.45, 2.75) is 20.8 Å². The van der Waals surface area contributed by atoms with E-state index in [1.54, 1.807) is 12.1 Å². The maximum atomic E-state index is 12.7.